The maximum absolute atomic E-state index is 12.8. The lowest BCUT2D eigenvalue weighted by Gasteiger charge is -2.37. The first-order valence-electron chi connectivity index (χ1n) is 9.74. The Kier molecular flexibility index (Phi) is 5.94. The number of aliphatic hydroxyl groups excluding tert-OH is 2. The second kappa shape index (κ2) is 8.66. The molecule has 0 fully saturated rings. The first-order chi connectivity index (χ1) is 14.9. The number of aromatic amines is 1. The number of halogens is 1. The molecule has 1 aliphatic rings. The molecule has 9 nitrogen and oxygen atoms in total. The van der Waals surface area contributed by atoms with Gasteiger partial charge in [-0.3, -0.25) is 19.0 Å². The molecule has 10 heteroatoms. The largest absolute Gasteiger partial charge is 0.394 e. The summed E-state index contributed by atoms with van der Waals surface area (Å²) in [6.45, 7) is -0.113. The highest BCUT2D eigenvalue weighted by Gasteiger charge is 2.31. The van der Waals surface area contributed by atoms with Gasteiger partial charge in [0.05, 0.1) is 35.5 Å². The zero-order chi connectivity index (χ0) is 22.1. The number of H-pyrrole nitrogens is 1. The molecule has 3 aromatic rings. The van der Waals surface area contributed by atoms with Crippen molar-refractivity contribution in [2.24, 2.45) is 0 Å². The molecule has 4 rings (SSSR count). The highest BCUT2D eigenvalue weighted by molar-refractivity contribution is 9.10. The quantitative estimate of drug-likeness (QED) is 0.386. The number of anilines is 2. The molecule has 0 bridgehead atoms. The number of hydrogen-bond acceptors (Lipinski definition) is 6. The van der Waals surface area contributed by atoms with Gasteiger partial charge >= 0.3 is 11.1 Å². The summed E-state index contributed by atoms with van der Waals surface area (Å²) in [6.07, 6.45) is -1.05. The van der Waals surface area contributed by atoms with Gasteiger partial charge in [0.25, 0.3) is 0 Å². The second-order valence-electron chi connectivity index (χ2n) is 7.46. The molecule has 2 atom stereocenters. The molecule has 0 saturated carbocycles. The van der Waals surface area contributed by atoms with Gasteiger partial charge < -0.3 is 25.4 Å². The number of β-amino-alcohol motifs (C(OH)–C–C–N with tert-alkyl or cyclic N) is 1. The molecule has 0 saturated heterocycles. The number of aromatic nitrogens is 2. The Bertz CT molecular complexity index is 1240. The molecule has 1 amide bonds. The predicted octanol–water partition coefficient (Wildman–Crippen LogP) is 1.20. The van der Waals surface area contributed by atoms with Gasteiger partial charge in [0, 0.05) is 29.7 Å². The first-order valence-corrected chi connectivity index (χ1v) is 10.5. The summed E-state index contributed by atoms with van der Waals surface area (Å²) in [6, 6.07) is 11.8. The Morgan fingerprint density at radius 3 is 2.71 bits per heavy atom. The fraction of sp³-hybridized carbons (Fsp3) is 0.286. The minimum Gasteiger partial charge on any atom is -0.394 e. The fourth-order valence-corrected chi connectivity index (χ4v) is 4.38. The molecule has 2 heterocycles. The normalized spacial score (nSPS) is 16.4. The Morgan fingerprint density at radius 2 is 2.00 bits per heavy atom. The molecule has 162 valence electrons. The van der Waals surface area contributed by atoms with Crippen molar-refractivity contribution in [3.63, 3.8) is 0 Å². The van der Waals surface area contributed by atoms with E-state index in [-0.39, 0.29) is 25.4 Å². The van der Waals surface area contributed by atoms with Gasteiger partial charge in [0.15, 0.2) is 0 Å². The average Bonchev–Trinajstić information content (AvgIpc) is 2.73. The van der Waals surface area contributed by atoms with Gasteiger partial charge in [-0.1, -0.05) is 34.1 Å². The molecule has 2 aromatic carbocycles. The molecule has 1 aromatic heterocycles. The van der Waals surface area contributed by atoms with Crippen LogP contribution in [0.2, 0.25) is 0 Å². The van der Waals surface area contributed by atoms with Gasteiger partial charge in [0.1, 0.15) is 0 Å². The van der Waals surface area contributed by atoms with Crippen LogP contribution in [0.1, 0.15) is 12.5 Å². The summed E-state index contributed by atoms with van der Waals surface area (Å²) in [7, 11) is 0. The smallest absolute Gasteiger partial charge is 0.317 e. The van der Waals surface area contributed by atoms with E-state index in [4.69, 9.17) is 0 Å². The van der Waals surface area contributed by atoms with Crippen molar-refractivity contribution in [3.05, 3.63) is 67.6 Å². The summed E-state index contributed by atoms with van der Waals surface area (Å²) < 4.78 is 2.04. The van der Waals surface area contributed by atoms with Gasteiger partial charge in [0.2, 0.25) is 5.91 Å². The molecular formula is C21H21BrN4O5. The number of benzene rings is 2. The minimum atomic E-state index is -1.01. The van der Waals surface area contributed by atoms with Crippen LogP contribution >= 0.6 is 15.9 Å². The maximum atomic E-state index is 12.8. The number of rotatable bonds is 6. The maximum Gasteiger partial charge on any atom is 0.317 e. The van der Waals surface area contributed by atoms with E-state index in [9.17, 15) is 24.6 Å². The highest BCUT2D eigenvalue weighted by atomic mass is 79.9. The number of carbonyl (C=O) groups is 1. The van der Waals surface area contributed by atoms with Crippen molar-refractivity contribution in [1.82, 2.24) is 9.55 Å². The number of nitrogens with one attached hydrogen (secondary N) is 2. The fourth-order valence-electron chi connectivity index (χ4n) is 3.93. The van der Waals surface area contributed by atoms with Crippen molar-refractivity contribution in [3.8, 4) is 0 Å². The molecule has 4 N–H and O–H groups in total. The summed E-state index contributed by atoms with van der Waals surface area (Å²) in [5.74, 6) is -0.306. The minimum absolute atomic E-state index is 0.0470. The standard InChI is InChI=1S/C21H21BrN4O5/c22-12-6-16-19-17(7-12)25(10-15(28)11-27)9-14(26(19)21(31)20(30)24-16)8-18(29)23-13-4-2-1-3-5-13/h1-7,14-15,27-28H,8-11H2,(H,23,29)(H,24,30). The number of aliphatic hydroxyl groups is 2. The zero-order valence-corrected chi connectivity index (χ0v) is 18.0. The zero-order valence-electron chi connectivity index (χ0n) is 16.4. The Hall–Kier alpha value is -2.95. The van der Waals surface area contributed by atoms with Gasteiger partial charge in [-0.05, 0) is 24.3 Å². The van der Waals surface area contributed by atoms with E-state index in [1.54, 1.807) is 36.4 Å². The number of amides is 1. The van der Waals surface area contributed by atoms with Crippen molar-refractivity contribution in [2.45, 2.75) is 18.6 Å². The van der Waals surface area contributed by atoms with E-state index in [1.165, 1.54) is 4.57 Å². The van der Waals surface area contributed by atoms with E-state index >= 15 is 0 Å². The van der Waals surface area contributed by atoms with Crippen LogP contribution in [0.4, 0.5) is 11.4 Å². The van der Waals surface area contributed by atoms with E-state index in [0.29, 0.717) is 26.9 Å². The van der Waals surface area contributed by atoms with Crippen molar-refractivity contribution in [2.75, 3.05) is 29.9 Å². The van der Waals surface area contributed by atoms with Gasteiger partial charge in [-0.25, -0.2) is 0 Å². The lowest BCUT2D eigenvalue weighted by atomic mass is 10.1. The van der Waals surface area contributed by atoms with Crippen LogP contribution in [-0.4, -0.2) is 51.5 Å². The van der Waals surface area contributed by atoms with E-state index in [0.717, 1.165) is 0 Å². The molecule has 0 aliphatic carbocycles. The van der Waals surface area contributed by atoms with Crippen LogP contribution in [-0.2, 0) is 4.79 Å². The number of para-hydroxylation sites is 1. The predicted molar refractivity (Wildman–Crippen MR) is 121 cm³/mol. The third-order valence-corrected chi connectivity index (χ3v) is 5.67. The molecule has 2 unspecified atom stereocenters. The number of carbonyl (C=O) groups excluding carboxylic acids is 1. The van der Waals surface area contributed by atoms with Crippen LogP contribution < -0.4 is 21.3 Å². The Balaban J connectivity index is 1.79. The summed E-state index contributed by atoms with van der Waals surface area (Å²) in [4.78, 5) is 42.2. The summed E-state index contributed by atoms with van der Waals surface area (Å²) >= 11 is 3.41. The van der Waals surface area contributed by atoms with E-state index < -0.39 is 29.9 Å². The molecule has 0 radical (unpaired) electrons. The number of hydrogen-bond donors (Lipinski definition) is 4. The third-order valence-electron chi connectivity index (χ3n) is 5.21. The summed E-state index contributed by atoms with van der Waals surface area (Å²) in [5, 5.41) is 22.1. The van der Waals surface area contributed by atoms with Crippen molar-refractivity contribution in [1.29, 1.82) is 0 Å². The van der Waals surface area contributed by atoms with Crippen LogP contribution in [0.5, 0.6) is 0 Å². The van der Waals surface area contributed by atoms with Crippen LogP contribution in [0.25, 0.3) is 11.0 Å². The van der Waals surface area contributed by atoms with Crippen molar-refractivity contribution >= 4 is 44.2 Å². The Morgan fingerprint density at radius 1 is 1.26 bits per heavy atom. The molecule has 1 aliphatic heterocycles. The SMILES string of the molecule is O=C(CC1CN(CC(O)CO)c2cc(Br)cc3[nH]c(=O)c(=O)n1c23)Nc1ccccc1. The van der Waals surface area contributed by atoms with E-state index in [2.05, 4.69) is 26.2 Å². The lowest BCUT2D eigenvalue weighted by Crippen LogP contribution is -2.48. The Labute approximate surface area is 185 Å². The van der Waals surface area contributed by atoms with Crippen LogP contribution in [0.15, 0.2) is 56.5 Å². The monoisotopic (exact) mass is 488 g/mol. The van der Waals surface area contributed by atoms with Crippen molar-refractivity contribution < 1.29 is 15.0 Å². The van der Waals surface area contributed by atoms with Crippen LogP contribution in [0.3, 0.4) is 0 Å². The number of nitrogens with zero attached hydrogens (tertiary/aromatic N) is 2. The molecule has 31 heavy (non-hydrogen) atoms. The second-order valence-corrected chi connectivity index (χ2v) is 8.38. The highest BCUT2D eigenvalue weighted by Crippen LogP contribution is 2.35. The summed E-state index contributed by atoms with van der Waals surface area (Å²) in [5.41, 5.74) is 0.644. The lowest BCUT2D eigenvalue weighted by molar-refractivity contribution is -0.116. The molecular weight excluding hydrogens is 468 g/mol. The van der Waals surface area contributed by atoms with Gasteiger partial charge in [-0.15, -0.1) is 0 Å². The molecule has 0 spiro atoms. The van der Waals surface area contributed by atoms with Gasteiger partial charge in [-0.2, -0.15) is 0 Å². The average molecular weight is 489 g/mol. The third kappa shape index (κ3) is 4.27. The van der Waals surface area contributed by atoms with Crippen LogP contribution in [0, 0.1) is 0 Å². The topological polar surface area (TPSA) is 128 Å². The van der Waals surface area contributed by atoms with E-state index in [1.807, 2.05) is 11.0 Å². The first kappa shape index (κ1) is 21.3.